The van der Waals surface area contributed by atoms with Crippen LogP contribution in [0, 0.1) is 27.7 Å². The van der Waals surface area contributed by atoms with Gasteiger partial charge < -0.3 is 0 Å². The summed E-state index contributed by atoms with van der Waals surface area (Å²) in [5.74, 6) is 0. The van der Waals surface area contributed by atoms with Gasteiger partial charge in [0.05, 0.1) is 11.4 Å². The number of benzene rings is 3. The molecule has 0 amide bonds. The standard InChI is InChI=1S/C27H25N/c1-18-10-19(2)13-24(12-18)26-16-23(22-8-6-5-7-9-22)17-27(28-26)25-14-20(3)11-21(4)15-25/h5-17H,1-4H3. The van der Waals surface area contributed by atoms with Crippen molar-refractivity contribution < 1.29 is 0 Å². The first kappa shape index (κ1) is 18.2. The second kappa shape index (κ2) is 7.44. The third kappa shape index (κ3) is 3.89. The molecule has 1 heteroatoms. The Bertz CT molecular complexity index is 1030. The normalized spacial score (nSPS) is 10.9. The number of aryl methyl sites for hydroxylation is 4. The summed E-state index contributed by atoms with van der Waals surface area (Å²) in [4.78, 5) is 5.06. The van der Waals surface area contributed by atoms with E-state index in [0.717, 1.165) is 11.4 Å². The molecule has 0 aliphatic heterocycles. The maximum Gasteiger partial charge on any atom is 0.0715 e. The van der Waals surface area contributed by atoms with Gasteiger partial charge in [0, 0.05) is 11.1 Å². The van der Waals surface area contributed by atoms with E-state index in [-0.39, 0.29) is 0 Å². The Hall–Kier alpha value is -3.19. The second-order valence-corrected chi connectivity index (χ2v) is 7.75. The van der Waals surface area contributed by atoms with Gasteiger partial charge >= 0.3 is 0 Å². The molecule has 0 radical (unpaired) electrons. The van der Waals surface area contributed by atoms with Crippen LogP contribution in [-0.2, 0) is 0 Å². The highest BCUT2D eigenvalue weighted by Gasteiger charge is 2.10. The van der Waals surface area contributed by atoms with E-state index in [4.69, 9.17) is 4.98 Å². The molecule has 138 valence electrons. The Labute approximate surface area is 167 Å². The molecule has 4 rings (SSSR count). The van der Waals surface area contributed by atoms with Crippen molar-refractivity contribution in [1.29, 1.82) is 0 Å². The first-order valence-corrected chi connectivity index (χ1v) is 9.73. The van der Waals surface area contributed by atoms with Crippen LogP contribution in [0.4, 0.5) is 0 Å². The van der Waals surface area contributed by atoms with Gasteiger partial charge in [-0.05, 0) is 75.2 Å². The minimum atomic E-state index is 1.02. The van der Waals surface area contributed by atoms with Gasteiger partial charge in [0.1, 0.15) is 0 Å². The molecule has 1 aromatic heterocycles. The van der Waals surface area contributed by atoms with Gasteiger partial charge in [-0.3, -0.25) is 0 Å². The fourth-order valence-electron chi connectivity index (χ4n) is 3.87. The summed E-state index contributed by atoms with van der Waals surface area (Å²) < 4.78 is 0. The van der Waals surface area contributed by atoms with Crippen molar-refractivity contribution in [2.75, 3.05) is 0 Å². The van der Waals surface area contributed by atoms with Gasteiger partial charge in [-0.15, -0.1) is 0 Å². The minimum absolute atomic E-state index is 1.02. The molecule has 1 heterocycles. The number of nitrogens with zero attached hydrogens (tertiary/aromatic N) is 1. The van der Waals surface area contributed by atoms with Crippen LogP contribution in [0.3, 0.4) is 0 Å². The predicted octanol–water partition coefficient (Wildman–Crippen LogP) is 7.32. The third-order valence-electron chi connectivity index (χ3n) is 4.97. The molecule has 0 aliphatic rings. The molecule has 0 saturated heterocycles. The van der Waals surface area contributed by atoms with Crippen LogP contribution >= 0.6 is 0 Å². The fraction of sp³-hybridized carbons (Fsp3) is 0.148. The van der Waals surface area contributed by atoms with Crippen molar-refractivity contribution in [3.63, 3.8) is 0 Å². The Morgan fingerprint density at radius 2 is 0.857 bits per heavy atom. The van der Waals surface area contributed by atoms with Gasteiger partial charge in [-0.25, -0.2) is 4.98 Å². The fourth-order valence-corrected chi connectivity index (χ4v) is 3.87. The average Bonchev–Trinajstić information content (AvgIpc) is 2.67. The van der Waals surface area contributed by atoms with Crippen LogP contribution in [-0.4, -0.2) is 4.98 Å². The lowest BCUT2D eigenvalue weighted by Crippen LogP contribution is -1.93. The van der Waals surface area contributed by atoms with Crippen molar-refractivity contribution >= 4 is 0 Å². The summed E-state index contributed by atoms with van der Waals surface area (Å²) in [6.45, 7) is 8.56. The highest BCUT2D eigenvalue weighted by molar-refractivity contribution is 5.77. The molecular weight excluding hydrogens is 338 g/mol. The van der Waals surface area contributed by atoms with E-state index in [2.05, 4.69) is 107 Å². The number of hydrogen-bond acceptors (Lipinski definition) is 1. The molecule has 0 spiro atoms. The molecule has 4 aromatic rings. The van der Waals surface area contributed by atoms with Gasteiger partial charge in [0.2, 0.25) is 0 Å². The smallest absolute Gasteiger partial charge is 0.0715 e. The van der Waals surface area contributed by atoms with Crippen LogP contribution in [0.25, 0.3) is 33.6 Å². The van der Waals surface area contributed by atoms with Crippen molar-refractivity contribution in [1.82, 2.24) is 4.98 Å². The lowest BCUT2D eigenvalue weighted by atomic mass is 9.97. The molecule has 0 N–H and O–H groups in total. The lowest BCUT2D eigenvalue weighted by molar-refractivity contribution is 1.29. The van der Waals surface area contributed by atoms with Gasteiger partial charge in [-0.2, -0.15) is 0 Å². The summed E-state index contributed by atoms with van der Waals surface area (Å²) in [7, 11) is 0. The molecule has 0 unspecified atom stereocenters. The van der Waals surface area contributed by atoms with Crippen molar-refractivity contribution in [2.24, 2.45) is 0 Å². The number of pyridine rings is 1. The maximum atomic E-state index is 5.06. The molecule has 28 heavy (non-hydrogen) atoms. The van der Waals surface area contributed by atoms with E-state index < -0.39 is 0 Å². The third-order valence-corrected chi connectivity index (χ3v) is 4.97. The highest BCUT2D eigenvalue weighted by Crippen LogP contribution is 2.31. The molecule has 0 bridgehead atoms. The molecule has 0 atom stereocenters. The van der Waals surface area contributed by atoms with Gasteiger partial charge in [0.25, 0.3) is 0 Å². The predicted molar refractivity (Wildman–Crippen MR) is 119 cm³/mol. The molecular formula is C27H25N. The molecule has 0 fully saturated rings. The monoisotopic (exact) mass is 363 g/mol. The SMILES string of the molecule is Cc1cc(C)cc(-c2cc(-c3ccccc3)cc(-c3cc(C)cc(C)c3)n2)c1. The molecule has 0 aliphatic carbocycles. The Balaban J connectivity index is 1.95. The topological polar surface area (TPSA) is 12.9 Å². The number of hydrogen-bond donors (Lipinski definition) is 0. The maximum absolute atomic E-state index is 5.06. The summed E-state index contributed by atoms with van der Waals surface area (Å²) in [5, 5.41) is 0. The zero-order valence-electron chi connectivity index (χ0n) is 17.0. The van der Waals surface area contributed by atoms with E-state index in [9.17, 15) is 0 Å². The minimum Gasteiger partial charge on any atom is -0.248 e. The zero-order chi connectivity index (χ0) is 19.7. The van der Waals surface area contributed by atoms with Crippen molar-refractivity contribution in [3.05, 3.63) is 101 Å². The van der Waals surface area contributed by atoms with Crippen LogP contribution < -0.4 is 0 Å². The Morgan fingerprint density at radius 1 is 0.429 bits per heavy atom. The summed E-state index contributed by atoms with van der Waals surface area (Å²) in [6.07, 6.45) is 0. The van der Waals surface area contributed by atoms with E-state index in [1.807, 2.05) is 0 Å². The number of aromatic nitrogens is 1. The van der Waals surface area contributed by atoms with Gasteiger partial charge in [0.15, 0.2) is 0 Å². The average molecular weight is 364 g/mol. The second-order valence-electron chi connectivity index (χ2n) is 7.75. The molecule has 3 aromatic carbocycles. The highest BCUT2D eigenvalue weighted by atomic mass is 14.7. The van der Waals surface area contributed by atoms with Crippen LogP contribution in [0.15, 0.2) is 78.9 Å². The summed E-state index contributed by atoms with van der Waals surface area (Å²) in [6, 6.07) is 28.2. The van der Waals surface area contributed by atoms with Crippen LogP contribution in [0.2, 0.25) is 0 Å². The summed E-state index contributed by atoms with van der Waals surface area (Å²) in [5.41, 5.74) is 11.8. The van der Waals surface area contributed by atoms with E-state index in [1.54, 1.807) is 0 Å². The van der Waals surface area contributed by atoms with Crippen LogP contribution in [0.5, 0.6) is 0 Å². The van der Waals surface area contributed by atoms with Gasteiger partial charge in [-0.1, -0.05) is 64.7 Å². The molecule has 1 nitrogen and oxygen atoms in total. The first-order chi connectivity index (χ1) is 13.5. The number of rotatable bonds is 3. The lowest BCUT2D eigenvalue weighted by Gasteiger charge is -2.12. The van der Waals surface area contributed by atoms with E-state index in [1.165, 1.54) is 44.5 Å². The molecule has 0 saturated carbocycles. The quantitative estimate of drug-likeness (QED) is 0.372. The van der Waals surface area contributed by atoms with E-state index in [0.29, 0.717) is 0 Å². The Kier molecular flexibility index (Phi) is 4.83. The van der Waals surface area contributed by atoms with Crippen LogP contribution in [0.1, 0.15) is 22.3 Å². The zero-order valence-corrected chi connectivity index (χ0v) is 17.0. The van der Waals surface area contributed by atoms with E-state index >= 15 is 0 Å². The largest absolute Gasteiger partial charge is 0.248 e. The summed E-state index contributed by atoms with van der Waals surface area (Å²) >= 11 is 0. The van der Waals surface area contributed by atoms with Crippen molar-refractivity contribution in [3.8, 4) is 33.6 Å². The first-order valence-electron chi connectivity index (χ1n) is 9.73. The Morgan fingerprint density at radius 3 is 1.29 bits per heavy atom. The van der Waals surface area contributed by atoms with Crippen molar-refractivity contribution in [2.45, 2.75) is 27.7 Å².